The van der Waals surface area contributed by atoms with Crippen molar-refractivity contribution in [2.45, 2.75) is 24.9 Å². The van der Waals surface area contributed by atoms with Gasteiger partial charge in [-0.15, -0.1) is 0 Å². The van der Waals surface area contributed by atoms with Crippen LogP contribution in [0.5, 0.6) is 11.5 Å². The molecule has 190 valence electrons. The standard InChI is InChI=1S/C27H25FN4O5/c1-26(25(30)34)14-37-23-19(26)11-21(32-22(23)15-4-7-18(28)8-5-15)27(2,35)13-31-24(33)16-6-9-20(36-3)17(10-16)12-29/h4-11,35H,13-14H2,1-3H3,(H2,30,34)(H,31,33)/t26-,27-/m0/s1. The number of carbonyl (C=O) groups excluding carboxylic acids is 2. The van der Waals surface area contributed by atoms with Crippen molar-refractivity contribution < 1.29 is 28.6 Å². The molecule has 9 nitrogen and oxygen atoms in total. The third kappa shape index (κ3) is 4.69. The molecule has 0 aliphatic carbocycles. The minimum atomic E-state index is -1.69. The van der Waals surface area contributed by atoms with Crippen molar-refractivity contribution >= 4 is 11.8 Å². The minimum absolute atomic E-state index is 0.0193. The molecule has 0 fully saturated rings. The van der Waals surface area contributed by atoms with Crippen LogP contribution in [0, 0.1) is 17.1 Å². The maximum atomic E-state index is 13.6. The van der Waals surface area contributed by atoms with Crippen LogP contribution >= 0.6 is 0 Å². The Kier molecular flexibility index (Phi) is 6.59. The molecule has 2 heterocycles. The van der Waals surface area contributed by atoms with Gasteiger partial charge < -0.3 is 25.6 Å². The number of halogens is 1. The second-order valence-electron chi connectivity index (χ2n) is 9.21. The normalized spacial score (nSPS) is 17.6. The first kappa shape index (κ1) is 25.6. The monoisotopic (exact) mass is 504 g/mol. The van der Waals surface area contributed by atoms with E-state index in [0.717, 1.165) is 0 Å². The first-order valence-electron chi connectivity index (χ1n) is 11.3. The number of methoxy groups -OCH3 is 1. The Morgan fingerprint density at radius 1 is 1.30 bits per heavy atom. The number of nitrogens with one attached hydrogen (secondary N) is 1. The van der Waals surface area contributed by atoms with Crippen LogP contribution in [0.1, 0.15) is 41.0 Å². The molecule has 0 unspecified atom stereocenters. The number of hydrogen-bond acceptors (Lipinski definition) is 7. The summed E-state index contributed by atoms with van der Waals surface area (Å²) in [7, 11) is 1.42. The average Bonchev–Trinajstić information content (AvgIpc) is 3.24. The van der Waals surface area contributed by atoms with Crippen LogP contribution in [0.4, 0.5) is 4.39 Å². The summed E-state index contributed by atoms with van der Waals surface area (Å²) in [5, 5.41) is 23.3. The van der Waals surface area contributed by atoms with Gasteiger partial charge in [-0.1, -0.05) is 0 Å². The van der Waals surface area contributed by atoms with Gasteiger partial charge in [0.1, 0.15) is 46.7 Å². The van der Waals surface area contributed by atoms with Crippen LogP contribution in [0.3, 0.4) is 0 Å². The Hall–Kier alpha value is -4.49. The number of benzene rings is 2. The number of ether oxygens (including phenoxy) is 2. The van der Waals surface area contributed by atoms with Gasteiger partial charge in [0.2, 0.25) is 5.91 Å². The van der Waals surface area contributed by atoms with E-state index in [0.29, 0.717) is 28.3 Å². The van der Waals surface area contributed by atoms with E-state index in [1.807, 2.05) is 6.07 Å². The van der Waals surface area contributed by atoms with Crippen molar-refractivity contribution in [2.75, 3.05) is 20.3 Å². The molecular weight excluding hydrogens is 479 g/mol. The number of primary amides is 1. The predicted octanol–water partition coefficient (Wildman–Crippen LogP) is 2.54. The fourth-order valence-electron chi connectivity index (χ4n) is 4.05. The minimum Gasteiger partial charge on any atom is -0.495 e. The van der Waals surface area contributed by atoms with Gasteiger partial charge in [0.15, 0.2) is 0 Å². The fraction of sp³-hybridized carbons (Fsp3) is 0.259. The van der Waals surface area contributed by atoms with E-state index >= 15 is 0 Å². The zero-order chi connectivity index (χ0) is 27.0. The molecule has 0 saturated carbocycles. The topological polar surface area (TPSA) is 148 Å². The molecule has 4 N–H and O–H groups in total. The highest BCUT2D eigenvalue weighted by Crippen LogP contribution is 2.45. The van der Waals surface area contributed by atoms with Crippen LogP contribution in [0.25, 0.3) is 11.3 Å². The highest BCUT2D eigenvalue weighted by atomic mass is 19.1. The molecule has 37 heavy (non-hydrogen) atoms. The molecule has 1 aliphatic heterocycles. The third-order valence-corrected chi connectivity index (χ3v) is 6.46. The van der Waals surface area contributed by atoms with E-state index in [1.165, 1.54) is 62.6 Å². The van der Waals surface area contributed by atoms with E-state index < -0.39 is 28.6 Å². The van der Waals surface area contributed by atoms with Gasteiger partial charge in [-0.25, -0.2) is 9.37 Å². The Morgan fingerprint density at radius 3 is 2.62 bits per heavy atom. The molecule has 3 aromatic rings. The van der Waals surface area contributed by atoms with Gasteiger partial charge in [0.25, 0.3) is 5.91 Å². The van der Waals surface area contributed by atoms with E-state index in [1.54, 1.807) is 6.92 Å². The number of nitrogens with two attached hydrogens (primary N) is 1. The number of carbonyl (C=O) groups is 2. The molecule has 1 aromatic heterocycles. The smallest absolute Gasteiger partial charge is 0.251 e. The SMILES string of the molecule is COc1ccc(C(=O)NC[C@](C)(O)c2cc3c(c(-c4ccc(F)cc4)n2)OC[C@]3(C)C(N)=O)cc1C#N. The molecule has 0 radical (unpaired) electrons. The van der Waals surface area contributed by atoms with Crippen LogP contribution in [0.15, 0.2) is 48.5 Å². The van der Waals surface area contributed by atoms with Crippen molar-refractivity contribution in [2.24, 2.45) is 5.73 Å². The zero-order valence-electron chi connectivity index (χ0n) is 20.5. The van der Waals surface area contributed by atoms with E-state index in [-0.39, 0.29) is 30.0 Å². The van der Waals surface area contributed by atoms with E-state index in [2.05, 4.69) is 10.3 Å². The molecule has 10 heteroatoms. The highest BCUT2D eigenvalue weighted by Gasteiger charge is 2.45. The van der Waals surface area contributed by atoms with Gasteiger partial charge in [0.05, 0.1) is 24.9 Å². The number of nitrogens with zero attached hydrogens (tertiary/aromatic N) is 2. The number of pyridine rings is 1. The van der Waals surface area contributed by atoms with Crippen molar-refractivity contribution in [3.63, 3.8) is 0 Å². The van der Waals surface area contributed by atoms with E-state index in [9.17, 15) is 24.3 Å². The molecule has 0 spiro atoms. The number of aliphatic hydroxyl groups is 1. The highest BCUT2D eigenvalue weighted by molar-refractivity contribution is 5.95. The third-order valence-electron chi connectivity index (χ3n) is 6.46. The average molecular weight is 505 g/mol. The maximum absolute atomic E-state index is 13.6. The Bertz CT molecular complexity index is 1430. The molecular formula is C27H25FN4O5. The molecule has 4 rings (SSSR count). The van der Waals surface area contributed by atoms with Crippen molar-refractivity contribution in [1.82, 2.24) is 10.3 Å². The summed E-state index contributed by atoms with van der Waals surface area (Å²) in [6.45, 7) is 2.83. The lowest BCUT2D eigenvalue weighted by molar-refractivity contribution is -0.123. The second-order valence-corrected chi connectivity index (χ2v) is 9.21. The lowest BCUT2D eigenvalue weighted by Gasteiger charge is -2.26. The van der Waals surface area contributed by atoms with Crippen molar-refractivity contribution in [1.29, 1.82) is 5.26 Å². The van der Waals surface area contributed by atoms with Crippen molar-refractivity contribution in [3.05, 3.63) is 76.7 Å². The summed E-state index contributed by atoms with van der Waals surface area (Å²) in [6, 6.07) is 13.5. The van der Waals surface area contributed by atoms with Gasteiger partial charge >= 0.3 is 0 Å². The lowest BCUT2D eigenvalue weighted by Crippen LogP contribution is -2.41. The van der Waals surface area contributed by atoms with Crippen LogP contribution in [-0.4, -0.2) is 42.2 Å². The summed E-state index contributed by atoms with van der Waals surface area (Å²) < 4.78 is 24.5. The number of nitriles is 1. The zero-order valence-corrected chi connectivity index (χ0v) is 20.5. The molecule has 2 aromatic carbocycles. The van der Waals surface area contributed by atoms with E-state index in [4.69, 9.17) is 15.2 Å². The predicted molar refractivity (Wildman–Crippen MR) is 131 cm³/mol. The van der Waals surface area contributed by atoms with Gasteiger partial charge in [-0.2, -0.15) is 5.26 Å². The first-order chi connectivity index (χ1) is 17.5. The molecule has 0 bridgehead atoms. The Morgan fingerprint density at radius 2 is 2.00 bits per heavy atom. The first-order valence-corrected chi connectivity index (χ1v) is 11.3. The summed E-state index contributed by atoms with van der Waals surface area (Å²) in [6.07, 6.45) is 0. The summed E-state index contributed by atoms with van der Waals surface area (Å²) >= 11 is 0. The lowest BCUT2D eigenvalue weighted by atomic mass is 9.82. The summed E-state index contributed by atoms with van der Waals surface area (Å²) in [5.74, 6) is -0.925. The van der Waals surface area contributed by atoms with Gasteiger partial charge in [-0.3, -0.25) is 9.59 Å². The molecule has 2 amide bonds. The second kappa shape index (κ2) is 9.52. The quantitative estimate of drug-likeness (QED) is 0.448. The number of rotatable bonds is 7. The maximum Gasteiger partial charge on any atom is 0.251 e. The summed E-state index contributed by atoms with van der Waals surface area (Å²) in [4.78, 5) is 29.7. The Labute approximate surface area is 212 Å². The number of hydrogen-bond donors (Lipinski definition) is 3. The van der Waals surface area contributed by atoms with Crippen molar-refractivity contribution in [3.8, 4) is 28.8 Å². The number of aromatic nitrogens is 1. The fourth-order valence-corrected chi connectivity index (χ4v) is 4.05. The largest absolute Gasteiger partial charge is 0.495 e. The van der Waals surface area contributed by atoms with Gasteiger partial charge in [-0.05, 0) is 62.4 Å². The van der Waals surface area contributed by atoms with Crippen LogP contribution in [-0.2, 0) is 15.8 Å². The number of amides is 2. The summed E-state index contributed by atoms with van der Waals surface area (Å²) in [5.41, 5.74) is 4.60. The molecule has 2 atom stereocenters. The molecule has 1 aliphatic rings. The van der Waals surface area contributed by atoms with Gasteiger partial charge in [0, 0.05) is 16.7 Å². The molecule has 0 saturated heterocycles. The van der Waals surface area contributed by atoms with Crippen LogP contribution < -0.4 is 20.5 Å². The van der Waals surface area contributed by atoms with Crippen LogP contribution in [0.2, 0.25) is 0 Å². The number of fused-ring (bicyclic) bond motifs is 1. The Balaban J connectivity index is 1.70.